The van der Waals surface area contributed by atoms with Gasteiger partial charge in [0.05, 0.1) is 4.91 Å². The van der Waals surface area contributed by atoms with E-state index in [4.69, 9.17) is 0 Å². The standard InChI is InChI=1S/C19H21N3O2S/c1-11(2)21-18(23)16(25-19(21)24)9-15-8-13(4)22(14(15)5)17-7-6-12(3)10-20-17/h6-11H,1-5H3/b16-9+. The van der Waals surface area contributed by atoms with Crippen LogP contribution < -0.4 is 0 Å². The van der Waals surface area contributed by atoms with Crippen LogP contribution in [0.5, 0.6) is 0 Å². The van der Waals surface area contributed by atoms with Gasteiger partial charge < -0.3 is 4.57 Å². The number of rotatable bonds is 3. The fourth-order valence-corrected chi connectivity index (χ4v) is 3.90. The Hall–Kier alpha value is -2.34. The third-order valence-electron chi connectivity index (χ3n) is 4.22. The van der Waals surface area contributed by atoms with Crippen LogP contribution in [0.4, 0.5) is 4.79 Å². The van der Waals surface area contributed by atoms with Crippen molar-refractivity contribution in [3.63, 3.8) is 0 Å². The lowest BCUT2D eigenvalue weighted by molar-refractivity contribution is -0.123. The molecule has 0 radical (unpaired) electrons. The summed E-state index contributed by atoms with van der Waals surface area (Å²) in [6, 6.07) is 5.88. The van der Waals surface area contributed by atoms with Gasteiger partial charge in [0, 0.05) is 23.6 Å². The maximum atomic E-state index is 12.5. The SMILES string of the molecule is Cc1ccc(-n2c(C)cc(/C=C3/SC(=O)N(C(C)C)C3=O)c2C)nc1. The predicted octanol–water partition coefficient (Wildman–Crippen LogP) is 4.24. The van der Waals surface area contributed by atoms with Crippen LogP contribution in [0.3, 0.4) is 0 Å². The summed E-state index contributed by atoms with van der Waals surface area (Å²) in [5.74, 6) is 0.624. The molecule has 2 amide bonds. The first kappa shape index (κ1) is 17.5. The summed E-state index contributed by atoms with van der Waals surface area (Å²) < 4.78 is 2.05. The quantitative estimate of drug-likeness (QED) is 0.773. The molecular formula is C19H21N3O2S. The summed E-state index contributed by atoms with van der Waals surface area (Å²) in [7, 11) is 0. The van der Waals surface area contributed by atoms with Gasteiger partial charge in [0.15, 0.2) is 0 Å². The van der Waals surface area contributed by atoms with Crippen molar-refractivity contribution in [2.45, 2.75) is 40.7 Å². The Morgan fingerprint density at radius 1 is 1.16 bits per heavy atom. The number of thioether (sulfide) groups is 1. The largest absolute Gasteiger partial charge is 0.303 e. The molecule has 3 heterocycles. The van der Waals surface area contributed by atoms with Crippen molar-refractivity contribution in [1.29, 1.82) is 0 Å². The van der Waals surface area contributed by atoms with E-state index in [9.17, 15) is 9.59 Å². The molecule has 0 spiro atoms. The molecule has 2 aromatic rings. The number of carbonyl (C=O) groups is 2. The molecule has 1 fully saturated rings. The molecule has 0 bridgehead atoms. The minimum Gasteiger partial charge on any atom is -0.303 e. The van der Waals surface area contributed by atoms with Gasteiger partial charge in [0.2, 0.25) is 0 Å². The van der Waals surface area contributed by atoms with Gasteiger partial charge in [0.25, 0.3) is 11.1 Å². The molecule has 25 heavy (non-hydrogen) atoms. The second-order valence-corrected chi connectivity index (χ2v) is 7.49. The molecule has 0 atom stereocenters. The van der Waals surface area contributed by atoms with E-state index in [1.807, 2.05) is 59.0 Å². The van der Waals surface area contributed by atoms with Crippen molar-refractivity contribution in [3.8, 4) is 5.82 Å². The van der Waals surface area contributed by atoms with Gasteiger partial charge in [0.1, 0.15) is 5.82 Å². The molecule has 1 aliphatic heterocycles. The second kappa shape index (κ2) is 6.52. The minimum absolute atomic E-state index is 0.136. The summed E-state index contributed by atoms with van der Waals surface area (Å²) >= 11 is 1.00. The van der Waals surface area contributed by atoms with Crippen molar-refractivity contribution in [1.82, 2.24) is 14.5 Å². The van der Waals surface area contributed by atoms with Gasteiger partial charge in [-0.2, -0.15) is 0 Å². The number of carbonyl (C=O) groups excluding carboxylic acids is 2. The Balaban J connectivity index is 2.00. The maximum Gasteiger partial charge on any atom is 0.293 e. The van der Waals surface area contributed by atoms with Crippen molar-refractivity contribution in [2.75, 3.05) is 0 Å². The number of imide groups is 1. The van der Waals surface area contributed by atoms with Crippen molar-refractivity contribution >= 4 is 29.0 Å². The van der Waals surface area contributed by atoms with E-state index in [1.54, 1.807) is 6.08 Å². The molecule has 6 heteroatoms. The number of aromatic nitrogens is 2. The van der Waals surface area contributed by atoms with Crippen LogP contribution >= 0.6 is 11.8 Å². The molecule has 1 aliphatic rings. The van der Waals surface area contributed by atoms with E-state index in [-0.39, 0.29) is 17.2 Å². The Morgan fingerprint density at radius 2 is 1.88 bits per heavy atom. The van der Waals surface area contributed by atoms with E-state index in [0.29, 0.717) is 4.91 Å². The van der Waals surface area contributed by atoms with Gasteiger partial charge in [-0.05, 0) is 75.7 Å². The molecule has 1 saturated heterocycles. The van der Waals surface area contributed by atoms with Gasteiger partial charge >= 0.3 is 0 Å². The molecule has 0 unspecified atom stereocenters. The molecule has 0 N–H and O–H groups in total. The van der Waals surface area contributed by atoms with E-state index >= 15 is 0 Å². The molecule has 3 rings (SSSR count). The molecule has 0 aliphatic carbocycles. The predicted molar refractivity (Wildman–Crippen MR) is 101 cm³/mol. The second-order valence-electron chi connectivity index (χ2n) is 6.50. The van der Waals surface area contributed by atoms with Gasteiger partial charge in [-0.15, -0.1) is 0 Å². The van der Waals surface area contributed by atoms with Gasteiger partial charge in [-0.25, -0.2) is 4.98 Å². The normalized spacial score (nSPS) is 16.6. The maximum absolute atomic E-state index is 12.5. The Labute approximate surface area is 151 Å². The van der Waals surface area contributed by atoms with Gasteiger partial charge in [-0.1, -0.05) is 6.07 Å². The minimum atomic E-state index is -0.219. The van der Waals surface area contributed by atoms with Gasteiger partial charge in [-0.3, -0.25) is 14.5 Å². The molecule has 130 valence electrons. The summed E-state index contributed by atoms with van der Waals surface area (Å²) in [5.41, 5.74) is 4.05. The zero-order valence-electron chi connectivity index (χ0n) is 15.0. The van der Waals surface area contributed by atoms with Crippen molar-refractivity contribution in [3.05, 3.63) is 51.8 Å². The molecule has 0 saturated carbocycles. The lowest BCUT2D eigenvalue weighted by atomic mass is 10.2. The number of hydrogen-bond donors (Lipinski definition) is 0. The van der Waals surface area contributed by atoms with Crippen LogP contribution in [0.15, 0.2) is 29.3 Å². The van der Waals surface area contributed by atoms with Crippen LogP contribution in [0.1, 0.15) is 36.4 Å². The monoisotopic (exact) mass is 355 g/mol. The van der Waals surface area contributed by atoms with Crippen LogP contribution in [0.25, 0.3) is 11.9 Å². The average Bonchev–Trinajstić information content (AvgIpc) is 2.97. The molecular weight excluding hydrogens is 334 g/mol. The summed E-state index contributed by atoms with van der Waals surface area (Å²) in [6.07, 6.45) is 3.64. The fraction of sp³-hybridized carbons (Fsp3) is 0.316. The number of hydrogen-bond acceptors (Lipinski definition) is 4. The summed E-state index contributed by atoms with van der Waals surface area (Å²) in [6.45, 7) is 9.68. The lowest BCUT2D eigenvalue weighted by Gasteiger charge is -2.16. The topological polar surface area (TPSA) is 55.2 Å². The highest BCUT2D eigenvalue weighted by molar-refractivity contribution is 8.18. The van der Waals surface area contributed by atoms with Crippen molar-refractivity contribution < 1.29 is 9.59 Å². The van der Waals surface area contributed by atoms with E-state index in [2.05, 4.69) is 9.55 Å². The Kier molecular flexibility index (Phi) is 4.56. The zero-order valence-corrected chi connectivity index (χ0v) is 15.8. The Morgan fingerprint density at radius 3 is 2.44 bits per heavy atom. The Bertz CT molecular complexity index is 879. The van der Waals surface area contributed by atoms with E-state index < -0.39 is 0 Å². The highest BCUT2D eigenvalue weighted by atomic mass is 32.2. The average molecular weight is 355 g/mol. The van der Waals surface area contributed by atoms with E-state index in [0.717, 1.165) is 40.1 Å². The van der Waals surface area contributed by atoms with E-state index in [1.165, 1.54) is 4.90 Å². The first-order chi connectivity index (χ1) is 11.8. The fourth-order valence-electron chi connectivity index (χ4n) is 2.94. The molecule has 0 aromatic carbocycles. The van der Waals surface area contributed by atoms with Crippen LogP contribution in [0.2, 0.25) is 0 Å². The first-order valence-electron chi connectivity index (χ1n) is 8.18. The number of pyridine rings is 1. The van der Waals surface area contributed by atoms with Crippen LogP contribution in [-0.4, -0.2) is 31.6 Å². The number of amides is 2. The van der Waals surface area contributed by atoms with Crippen molar-refractivity contribution in [2.24, 2.45) is 0 Å². The number of aryl methyl sites for hydroxylation is 2. The third kappa shape index (κ3) is 3.14. The highest BCUT2D eigenvalue weighted by Crippen LogP contribution is 2.34. The zero-order chi connectivity index (χ0) is 18.3. The number of nitrogens with zero attached hydrogens (tertiary/aromatic N) is 3. The first-order valence-corrected chi connectivity index (χ1v) is 9.00. The smallest absolute Gasteiger partial charge is 0.293 e. The molecule has 2 aromatic heterocycles. The summed E-state index contributed by atoms with van der Waals surface area (Å²) in [4.78, 5) is 30.8. The van der Waals surface area contributed by atoms with Crippen LogP contribution in [-0.2, 0) is 4.79 Å². The third-order valence-corrected chi connectivity index (χ3v) is 5.11. The lowest BCUT2D eigenvalue weighted by Crippen LogP contribution is -2.34. The summed E-state index contributed by atoms with van der Waals surface area (Å²) in [5, 5.41) is -0.208. The highest BCUT2D eigenvalue weighted by Gasteiger charge is 2.36. The van der Waals surface area contributed by atoms with Crippen LogP contribution in [0, 0.1) is 20.8 Å². The molecule has 5 nitrogen and oxygen atoms in total.